The molecule has 1 saturated carbocycles. The number of hydrogen-bond acceptors (Lipinski definition) is 9. The Labute approximate surface area is 220 Å². The van der Waals surface area contributed by atoms with Gasteiger partial charge in [0.25, 0.3) is 0 Å². The molecule has 10 heteroatoms. The minimum atomic E-state index is -0.146. The Hall–Kier alpha value is -3.11. The van der Waals surface area contributed by atoms with Crippen LogP contribution < -0.4 is 15.5 Å². The van der Waals surface area contributed by atoms with Gasteiger partial charge in [-0.3, -0.25) is 19.4 Å². The number of hydrogen-bond donors (Lipinski definition) is 2. The van der Waals surface area contributed by atoms with Crippen molar-refractivity contribution in [2.45, 2.75) is 76.8 Å². The van der Waals surface area contributed by atoms with Crippen LogP contribution in [0.25, 0.3) is 10.2 Å². The lowest BCUT2D eigenvalue weighted by atomic mass is 9.96. The maximum Gasteiger partial charge on any atom is 0.234 e. The number of anilines is 4. The van der Waals surface area contributed by atoms with Crippen LogP contribution in [-0.4, -0.2) is 50.8 Å². The van der Waals surface area contributed by atoms with E-state index in [4.69, 9.17) is 15.0 Å². The zero-order valence-electron chi connectivity index (χ0n) is 21.0. The lowest BCUT2D eigenvalue weighted by Gasteiger charge is -2.27. The summed E-state index contributed by atoms with van der Waals surface area (Å²) in [5.74, 6) is 1.11. The molecular formula is C27H33N7O2S. The molecule has 2 amide bonds. The van der Waals surface area contributed by atoms with Gasteiger partial charge >= 0.3 is 0 Å². The normalized spacial score (nSPS) is 19.6. The summed E-state index contributed by atoms with van der Waals surface area (Å²) < 4.78 is 0.913. The Morgan fingerprint density at radius 2 is 1.65 bits per heavy atom. The molecule has 0 radical (unpaired) electrons. The second-order valence-electron chi connectivity index (χ2n) is 10.3. The van der Waals surface area contributed by atoms with Gasteiger partial charge in [-0.2, -0.15) is 4.98 Å². The van der Waals surface area contributed by atoms with E-state index in [9.17, 15) is 9.59 Å². The first-order chi connectivity index (χ1) is 18.1. The van der Waals surface area contributed by atoms with Crippen molar-refractivity contribution >= 4 is 56.0 Å². The maximum absolute atomic E-state index is 12.2. The third-order valence-corrected chi connectivity index (χ3v) is 8.40. The lowest BCUT2D eigenvalue weighted by Crippen LogP contribution is -2.30. The average Bonchev–Trinajstić information content (AvgIpc) is 3.45. The summed E-state index contributed by atoms with van der Waals surface area (Å²) in [6.07, 6.45) is 10.5. The van der Waals surface area contributed by atoms with Gasteiger partial charge in [0.2, 0.25) is 17.8 Å². The zero-order valence-corrected chi connectivity index (χ0v) is 21.9. The van der Waals surface area contributed by atoms with Crippen LogP contribution in [0.4, 0.5) is 22.6 Å². The predicted molar refractivity (Wildman–Crippen MR) is 146 cm³/mol. The van der Waals surface area contributed by atoms with E-state index in [2.05, 4.69) is 15.5 Å². The van der Waals surface area contributed by atoms with Gasteiger partial charge in [-0.1, -0.05) is 37.0 Å². The van der Waals surface area contributed by atoms with E-state index in [0.29, 0.717) is 17.7 Å². The number of nitrogens with zero attached hydrogens (tertiary/aromatic N) is 5. The van der Waals surface area contributed by atoms with Gasteiger partial charge in [0, 0.05) is 31.5 Å². The third kappa shape index (κ3) is 5.60. The first-order valence-electron chi connectivity index (χ1n) is 13.5. The predicted octanol–water partition coefficient (Wildman–Crippen LogP) is 5.21. The number of aromatic nitrogens is 3. The van der Waals surface area contributed by atoms with Crippen molar-refractivity contribution in [2.75, 3.05) is 28.6 Å². The zero-order chi connectivity index (χ0) is 25.2. The number of nitrogens with one attached hydrogen (secondary N) is 2. The van der Waals surface area contributed by atoms with Crippen molar-refractivity contribution in [3.63, 3.8) is 0 Å². The Morgan fingerprint density at radius 1 is 0.892 bits per heavy atom. The summed E-state index contributed by atoms with van der Waals surface area (Å²) in [4.78, 5) is 42.5. The molecular weight excluding hydrogens is 486 g/mol. The fourth-order valence-electron chi connectivity index (χ4n) is 5.56. The van der Waals surface area contributed by atoms with Crippen LogP contribution in [0.5, 0.6) is 0 Å². The molecule has 3 fully saturated rings. The minimum Gasteiger partial charge on any atom is -0.351 e. The lowest BCUT2D eigenvalue weighted by molar-refractivity contribution is -0.121. The first kappa shape index (κ1) is 24.2. The second kappa shape index (κ2) is 10.7. The summed E-state index contributed by atoms with van der Waals surface area (Å²) in [5, 5.41) is 7.72. The van der Waals surface area contributed by atoms with Crippen molar-refractivity contribution in [3.05, 3.63) is 30.0 Å². The molecule has 4 heterocycles. The Kier molecular flexibility index (Phi) is 7.01. The van der Waals surface area contributed by atoms with E-state index >= 15 is 0 Å². The van der Waals surface area contributed by atoms with Crippen LogP contribution in [0.3, 0.4) is 0 Å². The van der Waals surface area contributed by atoms with Crippen LogP contribution in [0.15, 0.2) is 24.3 Å². The van der Waals surface area contributed by atoms with Crippen molar-refractivity contribution in [2.24, 2.45) is 0 Å². The van der Waals surface area contributed by atoms with Crippen LogP contribution >= 0.6 is 11.3 Å². The molecule has 37 heavy (non-hydrogen) atoms. The Balaban J connectivity index is 1.25. The van der Waals surface area contributed by atoms with Crippen molar-refractivity contribution in [1.29, 1.82) is 0 Å². The van der Waals surface area contributed by atoms with E-state index in [1.807, 2.05) is 18.2 Å². The number of rotatable bonds is 7. The number of piperidine rings is 1. The number of thiazole rings is 1. The fraction of sp³-hybridized carbons (Fsp3) is 0.519. The van der Waals surface area contributed by atoms with Crippen molar-refractivity contribution in [3.8, 4) is 0 Å². The van der Waals surface area contributed by atoms with Crippen LogP contribution in [-0.2, 0) is 16.1 Å². The molecule has 194 valence electrons. The first-order valence-corrected chi connectivity index (χ1v) is 14.3. The molecule has 2 aromatic heterocycles. The largest absolute Gasteiger partial charge is 0.351 e. The molecule has 1 aromatic carbocycles. The minimum absolute atomic E-state index is 0.146. The Bertz CT molecular complexity index is 1240. The van der Waals surface area contributed by atoms with E-state index in [1.54, 1.807) is 6.07 Å². The summed E-state index contributed by atoms with van der Waals surface area (Å²) in [6, 6.07) is 7.98. The Morgan fingerprint density at radius 3 is 2.43 bits per heavy atom. The maximum atomic E-state index is 12.2. The van der Waals surface area contributed by atoms with Crippen molar-refractivity contribution in [1.82, 2.24) is 19.9 Å². The van der Waals surface area contributed by atoms with Crippen LogP contribution in [0.2, 0.25) is 0 Å². The van der Waals surface area contributed by atoms with Gasteiger partial charge in [-0.25, -0.2) is 9.97 Å². The monoisotopic (exact) mass is 519 g/mol. The highest BCUT2D eigenvalue weighted by Crippen LogP contribution is 2.33. The highest BCUT2D eigenvalue weighted by molar-refractivity contribution is 7.22. The number of likely N-dealkylation sites (tertiary alicyclic amines) is 1. The molecule has 0 atom stereocenters. The second-order valence-corrected chi connectivity index (χ2v) is 11.3. The number of fused-ring (bicyclic) bond motifs is 1. The smallest absolute Gasteiger partial charge is 0.234 e. The number of carbonyl (C=O) groups is 2. The standard InChI is InChI=1S/C27H33N7O2S/c35-24-11-12-25(36)34(24)20-9-10-21-22(16-20)37-27(30-21)32-23-15-19(17-33-13-5-2-6-14-33)29-26(31-23)28-18-7-3-1-4-8-18/h9-10,15-16,18H,1-8,11-14,17H2,(H2,28,29,30,31,32). The summed E-state index contributed by atoms with van der Waals surface area (Å²) in [5.41, 5.74) is 2.44. The van der Waals surface area contributed by atoms with Gasteiger partial charge in [-0.15, -0.1) is 0 Å². The molecule has 1 aliphatic carbocycles. The van der Waals surface area contributed by atoms with Gasteiger partial charge in [0.05, 0.1) is 21.6 Å². The van der Waals surface area contributed by atoms with Gasteiger partial charge in [0.15, 0.2) is 5.13 Å². The molecule has 0 spiro atoms. The van der Waals surface area contributed by atoms with E-state index < -0.39 is 0 Å². The fourth-order valence-corrected chi connectivity index (χ4v) is 6.47. The number of amides is 2. The van der Waals surface area contributed by atoms with Gasteiger partial charge < -0.3 is 10.6 Å². The molecule has 2 aliphatic heterocycles. The molecule has 3 aliphatic rings. The highest BCUT2D eigenvalue weighted by Gasteiger charge is 2.30. The summed E-state index contributed by atoms with van der Waals surface area (Å²) in [7, 11) is 0. The molecule has 2 saturated heterocycles. The molecule has 2 N–H and O–H groups in total. The molecule has 0 unspecified atom stereocenters. The van der Waals surface area contributed by atoms with E-state index in [-0.39, 0.29) is 24.7 Å². The van der Waals surface area contributed by atoms with Gasteiger partial charge in [0.1, 0.15) is 5.82 Å². The molecule has 3 aromatic rings. The topological polar surface area (TPSA) is 103 Å². The molecule has 0 bridgehead atoms. The summed E-state index contributed by atoms with van der Waals surface area (Å²) in [6.45, 7) is 3.04. The molecule has 9 nitrogen and oxygen atoms in total. The van der Waals surface area contributed by atoms with E-state index in [0.717, 1.165) is 59.3 Å². The van der Waals surface area contributed by atoms with Crippen LogP contribution in [0.1, 0.15) is 69.9 Å². The van der Waals surface area contributed by atoms with Crippen LogP contribution in [0, 0.1) is 0 Å². The number of benzene rings is 1. The van der Waals surface area contributed by atoms with Crippen molar-refractivity contribution < 1.29 is 9.59 Å². The molecule has 6 rings (SSSR count). The quantitative estimate of drug-likeness (QED) is 0.410. The highest BCUT2D eigenvalue weighted by atomic mass is 32.1. The number of carbonyl (C=O) groups excluding carboxylic acids is 2. The van der Waals surface area contributed by atoms with Gasteiger partial charge in [-0.05, 0) is 57.0 Å². The third-order valence-electron chi connectivity index (χ3n) is 7.47. The van der Waals surface area contributed by atoms with E-state index in [1.165, 1.54) is 54.8 Å². The SMILES string of the molecule is O=C1CCC(=O)N1c1ccc2nc(Nc3cc(CN4CCCCC4)nc(NC4CCCCC4)n3)sc2c1. The number of imide groups is 1. The average molecular weight is 520 g/mol. The summed E-state index contributed by atoms with van der Waals surface area (Å²) >= 11 is 1.49.